The van der Waals surface area contributed by atoms with Crippen LogP contribution in [0.3, 0.4) is 0 Å². The number of hydrogen-bond donors (Lipinski definition) is 1. The van der Waals surface area contributed by atoms with Gasteiger partial charge in [0.05, 0.1) is 9.77 Å². The summed E-state index contributed by atoms with van der Waals surface area (Å²) < 4.78 is 8.83. The molecule has 104 valence electrons. The molecule has 0 bridgehead atoms. The summed E-state index contributed by atoms with van der Waals surface area (Å²) >= 11 is 2.19. The van der Waals surface area contributed by atoms with Crippen LogP contribution < -0.4 is 5.73 Å². The number of para-hydroxylation sites is 1. The van der Waals surface area contributed by atoms with Gasteiger partial charge in [-0.2, -0.15) is 5.10 Å². The Bertz CT molecular complexity index is 760. The minimum Gasteiger partial charge on any atom is -0.458 e. The van der Waals surface area contributed by atoms with Gasteiger partial charge in [0.1, 0.15) is 23.2 Å². The topological polar surface area (TPSA) is 57.0 Å². The molecule has 5 heteroatoms. The minimum absolute atomic E-state index is 0.0131. The van der Waals surface area contributed by atoms with Gasteiger partial charge in [-0.3, -0.25) is 0 Å². The van der Waals surface area contributed by atoms with Crippen molar-refractivity contribution in [2.24, 2.45) is 0 Å². The standard InChI is InChI=1S/C15H16IN3O/c1-3-10-11-6-4-5-7-13(11)20-14(10)9(2)19-15(17)12(16)8-18-19/h4-9H,3,17H2,1-2H3. The second-order valence-electron chi connectivity index (χ2n) is 4.79. The van der Waals surface area contributed by atoms with Crippen LogP contribution in [-0.2, 0) is 6.42 Å². The lowest BCUT2D eigenvalue weighted by molar-refractivity contribution is 0.444. The van der Waals surface area contributed by atoms with E-state index in [1.54, 1.807) is 6.20 Å². The summed E-state index contributed by atoms with van der Waals surface area (Å²) in [7, 11) is 0. The number of halogens is 1. The second kappa shape index (κ2) is 5.12. The zero-order valence-electron chi connectivity index (χ0n) is 11.4. The highest BCUT2D eigenvalue weighted by Gasteiger charge is 2.22. The number of nitrogens with zero attached hydrogens (tertiary/aromatic N) is 2. The molecule has 0 fully saturated rings. The molecule has 3 rings (SSSR count). The zero-order valence-corrected chi connectivity index (χ0v) is 13.6. The van der Waals surface area contributed by atoms with Crippen LogP contribution in [0.1, 0.15) is 31.2 Å². The lowest BCUT2D eigenvalue weighted by Crippen LogP contribution is -2.12. The van der Waals surface area contributed by atoms with E-state index >= 15 is 0 Å². The van der Waals surface area contributed by atoms with Crippen LogP contribution in [0.15, 0.2) is 34.9 Å². The molecule has 0 aliphatic rings. The fourth-order valence-electron chi connectivity index (χ4n) is 2.59. The first kappa shape index (κ1) is 13.5. The van der Waals surface area contributed by atoms with Gasteiger partial charge in [0.15, 0.2) is 0 Å². The van der Waals surface area contributed by atoms with E-state index in [1.807, 2.05) is 22.9 Å². The third-order valence-electron chi connectivity index (χ3n) is 3.62. The molecular weight excluding hydrogens is 365 g/mol. The Morgan fingerprint density at radius 1 is 1.40 bits per heavy atom. The molecule has 0 spiro atoms. The Hall–Kier alpha value is -1.50. The largest absolute Gasteiger partial charge is 0.458 e. The van der Waals surface area contributed by atoms with E-state index in [9.17, 15) is 0 Å². The number of benzene rings is 1. The monoisotopic (exact) mass is 381 g/mol. The van der Waals surface area contributed by atoms with Crippen molar-refractivity contribution in [1.82, 2.24) is 9.78 Å². The molecule has 0 saturated carbocycles. The van der Waals surface area contributed by atoms with E-state index in [1.165, 1.54) is 10.9 Å². The van der Waals surface area contributed by atoms with Gasteiger partial charge >= 0.3 is 0 Å². The number of nitrogen functional groups attached to an aromatic ring is 1. The van der Waals surface area contributed by atoms with Gasteiger partial charge in [-0.1, -0.05) is 25.1 Å². The maximum absolute atomic E-state index is 6.08. The third-order valence-corrected chi connectivity index (χ3v) is 4.45. The van der Waals surface area contributed by atoms with Crippen molar-refractivity contribution in [2.75, 3.05) is 5.73 Å². The number of aryl methyl sites for hydroxylation is 1. The molecule has 0 radical (unpaired) electrons. The number of hydrogen-bond acceptors (Lipinski definition) is 3. The fourth-order valence-corrected chi connectivity index (χ4v) is 2.96. The smallest absolute Gasteiger partial charge is 0.136 e. The van der Waals surface area contributed by atoms with Crippen molar-refractivity contribution in [3.8, 4) is 0 Å². The summed E-state index contributed by atoms with van der Waals surface area (Å²) in [5.41, 5.74) is 8.23. The first-order chi connectivity index (χ1) is 9.63. The number of anilines is 1. The molecule has 4 nitrogen and oxygen atoms in total. The average molecular weight is 381 g/mol. The van der Waals surface area contributed by atoms with Gasteiger partial charge in [-0.15, -0.1) is 0 Å². The van der Waals surface area contributed by atoms with Crippen LogP contribution in [0, 0.1) is 3.57 Å². The van der Waals surface area contributed by atoms with Gasteiger partial charge in [-0.05, 0) is 42.0 Å². The highest BCUT2D eigenvalue weighted by atomic mass is 127. The summed E-state index contributed by atoms with van der Waals surface area (Å²) in [6.07, 6.45) is 2.70. The first-order valence-electron chi connectivity index (χ1n) is 6.62. The van der Waals surface area contributed by atoms with E-state index in [0.29, 0.717) is 5.82 Å². The van der Waals surface area contributed by atoms with Crippen LogP contribution in [0.5, 0.6) is 0 Å². The number of rotatable bonds is 3. The van der Waals surface area contributed by atoms with Gasteiger partial charge in [0.25, 0.3) is 0 Å². The lowest BCUT2D eigenvalue weighted by Gasteiger charge is -2.13. The predicted molar refractivity (Wildman–Crippen MR) is 88.8 cm³/mol. The SMILES string of the molecule is CCc1c(C(C)n2ncc(I)c2N)oc2ccccc12. The summed E-state index contributed by atoms with van der Waals surface area (Å²) in [6, 6.07) is 8.12. The van der Waals surface area contributed by atoms with Gasteiger partial charge in [0, 0.05) is 10.9 Å². The van der Waals surface area contributed by atoms with E-state index in [-0.39, 0.29) is 6.04 Å². The molecule has 3 aromatic rings. The van der Waals surface area contributed by atoms with Crippen LogP contribution >= 0.6 is 22.6 Å². The molecule has 20 heavy (non-hydrogen) atoms. The molecule has 0 aliphatic carbocycles. The zero-order chi connectivity index (χ0) is 14.3. The number of furan rings is 1. The highest BCUT2D eigenvalue weighted by Crippen LogP contribution is 2.33. The molecule has 0 saturated heterocycles. The molecule has 1 unspecified atom stereocenters. The first-order valence-corrected chi connectivity index (χ1v) is 7.70. The third kappa shape index (κ3) is 2.00. The lowest BCUT2D eigenvalue weighted by atomic mass is 10.1. The van der Waals surface area contributed by atoms with Crippen molar-refractivity contribution in [1.29, 1.82) is 0 Å². The summed E-state index contributed by atoms with van der Waals surface area (Å²) in [5, 5.41) is 5.54. The van der Waals surface area contributed by atoms with E-state index in [0.717, 1.165) is 21.3 Å². The minimum atomic E-state index is -0.0131. The number of fused-ring (bicyclic) bond motifs is 1. The number of nitrogens with two attached hydrogens (primary N) is 1. The molecule has 2 heterocycles. The van der Waals surface area contributed by atoms with E-state index in [2.05, 4.69) is 47.6 Å². The molecule has 0 amide bonds. The molecule has 1 aromatic carbocycles. The van der Waals surface area contributed by atoms with Crippen molar-refractivity contribution in [3.05, 3.63) is 45.4 Å². The Labute approximate surface area is 131 Å². The van der Waals surface area contributed by atoms with Crippen molar-refractivity contribution in [3.63, 3.8) is 0 Å². The second-order valence-corrected chi connectivity index (χ2v) is 5.96. The molecule has 2 N–H and O–H groups in total. The van der Waals surface area contributed by atoms with Crippen LogP contribution in [-0.4, -0.2) is 9.78 Å². The van der Waals surface area contributed by atoms with Crippen molar-refractivity contribution < 1.29 is 4.42 Å². The maximum atomic E-state index is 6.08. The Morgan fingerprint density at radius 2 is 2.15 bits per heavy atom. The van der Waals surface area contributed by atoms with Gasteiger partial charge in [0.2, 0.25) is 0 Å². The predicted octanol–water partition coefficient (Wildman–Crippen LogP) is 3.99. The highest BCUT2D eigenvalue weighted by molar-refractivity contribution is 14.1. The van der Waals surface area contributed by atoms with E-state index < -0.39 is 0 Å². The van der Waals surface area contributed by atoms with E-state index in [4.69, 9.17) is 10.2 Å². The fraction of sp³-hybridized carbons (Fsp3) is 0.267. The normalized spacial score (nSPS) is 12.9. The summed E-state index contributed by atoms with van der Waals surface area (Å²) in [5.74, 6) is 1.63. The Morgan fingerprint density at radius 3 is 2.80 bits per heavy atom. The van der Waals surface area contributed by atoms with Crippen LogP contribution in [0.4, 0.5) is 5.82 Å². The quantitative estimate of drug-likeness (QED) is 0.698. The number of aromatic nitrogens is 2. The maximum Gasteiger partial charge on any atom is 0.136 e. The van der Waals surface area contributed by atoms with Crippen molar-refractivity contribution >= 4 is 39.4 Å². The van der Waals surface area contributed by atoms with Crippen LogP contribution in [0.2, 0.25) is 0 Å². The molecule has 0 aliphatic heterocycles. The Balaban J connectivity index is 2.16. The average Bonchev–Trinajstić information content (AvgIpc) is 2.99. The van der Waals surface area contributed by atoms with Gasteiger partial charge < -0.3 is 10.2 Å². The van der Waals surface area contributed by atoms with Gasteiger partial charge in [-0.25, -0.2) is 4.68 Å². The molecule has 1 atom stereocenters. The summed E-state index contributed by atoms with van der Waals surface area (Å²) in [6.45, 7) is 4.21. The molecule has 2 aromatic heterocycles. The summed E-state index contributed by atoms with van der Waals surface area (Å²) in [4.78, 5) is 0. The van der Waals surface area contributed by atoms with Crippen molar-refractivity contribution in [2.45, 2.75) is 26.3 Å². The molecular formula is C15H16IN3O. The Kier molecular flexibility index (Phi) is 3.45. The van der Waals surface area contributed by atoms with Crippen LogP contribution in [0.25, 0.3) is 11.0 Å².